The number of imidazole rings is 1. The minimum atomic E-state index is -0.0136. The number of nitrogens with one attached hydrogen (secondary N) is 2. The molecule has 1 aliphatic rings. The predicted molar refractivity (Wildman–Crippen MR) is 81.3 cm³/mol. The second-order valence-corrected chi connectivity index (χ2v) is 5.06. The van der Waals surface area contributed by atoms with E-state index in [9.17, 15) is 4.79 Å². The molecule has 2 aromatic heterocycles. The molecule has 0 saturated heterocycles. The van der Waals surface area contributed by atoms with Crippen molar-refractivity contribution < 1.29 is 4.79 Å². The maximum atomic E-state index is 12.1. The van der Waals surface area contributed by atoms with Crippen molar-refractivity contribution in [1.29, 1.82) is 0 Å². The van der Waals surface area contributed by atoms with Crippen LogP contribution in [0.1, 0.15) is 15.9 Å². The Morgan fingerprint density at radius 2 is 2.19 bits per heavy atom. The molecule has 1 amide bonds. The average molecular weight is 278 g/mol. The summed E-state index contributed by atoms with van der Waals surface area (Å²) in [5.41, 5.74) is 5.50. The van der Waals surface area contributed by atoms with Gasteiger partial charge in [0.25, 0.3) is 5.91 Å². The fourth-order valence-corrected chi connectivity index (χ4v) is 2.82. The molecule has 0 spiro atoms. The molecule has 5 heteroatoms. The van der Waals surface area contributed by atoms with E-state index in [4.69, 9.17) is 0 Å². The largest absolute Gasteiger partial charge is 0.387 e. The Kier molecular flexibility index (Phi) is 2.47. The average Bonchev–Trinajstić information content (AvgIpc) is 3.10. The molecule has 0 aliphatic carbocycles. The molecular formula is C16H14N4O. The third kappa shape index (κ3) is 1.71. The molecule has 5 nitrogen and oxygen atoms in total. The molecule has 0 unspecified atom stereocenters. The Hall–Kier alpha value is -2.82. The van der Waals surface area contributed by atoms with Crippen molar-refractivity contribution in [2.24, 2.45) is 0 Å². The summed E-state index contributed by atoms with van der Waals surface area (Å²) >= 11 is 0. The number of carbonyl (C=O) groups excluding carboxylic acids is 1. The standard InChI is InChI=1S/C16H14N4O/c1-17-11-5-6-14-18-8-13(20(14)9-11)12-4-2-3-10-7-19-16(21)15(10)12/h2-6,8-9,17H,7H2,1H3,(H,19,21). The lowest BCUT2D eigenvalue weighted by molar-refractivity contribution is 0.0966. The molecule has 2 N–H and O–H groups in total. The first kappa shape index (κ1) is 12.0. The highest BCUT2D eigenvalue weighted by molar-refractivity contribution is 6.04. The third-order valence-electron chi connectivity index (χ3n) is 3.89. The zero-order valence-electron chi connectivity index (χ0n) is 11.6. The lowest BCUT2D eigenvalue weighted by Crippen LogP contribution is -2.13. The van der Waals surface area contributed by atoms with Gasteiger partial charge in [0.05, 0.1) is 23.1 Å². The monoisotopic (exact) mass is 278 g/mol. The van der Waals surface area contributed by atoms with Crippen LogP contribution in [0.15, 0.2) is 42.7 Å². The highest BCUT2D eigenvalue weighted by Gasteiger charge is 2.24. The Morgan fingerprint density at radius 1 is 1.29 bits per heavy atom. The molecule has 3 aromatic rings. The highest BCUT2D eigenvalue weighted by Crippen LogP contribution is 2.30. The Balaban J connectivity index is 2.00. The number of rotatable bonds is 2. The summed E-state index contributed by atoms with van der Waals surface area (Å²) in [7, 11) is 1.88. The van der Waals surface area contributed by atoms with Gasteiger partial charge in [-0.2, -0.15) is 0 Å². The molecule has 3 heterocycles. The van der Waals surface area contributed by atoms with Crippen molar-refractivity contribution in [3.8, 4) is 11.3 Å². The first-order valence-corrected chi connectivity index (χ1v) is 6.83. The number of aromatic nitrogens is 2. The van der Waals surface area contributed by atoms with E-state index < -0.39 is 0 Å². The Morgan fingerprint density at radius 3 is 3.05 bits per heavy atom. The van der Waals surface area contributed by atoms with Gasteiger partial charge in [-0.15, -0.1) is 0 Å². The van der Waals surface area contributed by atoms with Gasteiger partial charge in [0, 0.05) is 25.4 Å². The number of hydrogen-bond donors (Lipinski definition) is 2. The topological polar surface area (TPSA) is 58.4 Å². The third-order valence-corrected chi connectivity index (χ3v) is 3.89. The van der Waals surface area contributed by atoms with Gasteiger partial charge in [-0.05, 0) is 17.7 Å². The summed E-state index contributed by atoms with van der Waals surface area (Å²) in [6, 6.07) is 9.88. The number of benzene rings is 1. The predicted octanol–water partition coefficient (Wildman–Crippen LogP) is 2.29. The molecule has 0 fully saturated rings. The van der Waals surface area contributed by atoms with Crippen molar-refractivity contribution in [3.63, 3.8) is 0 Å². The number of nitrogens with zero attached hydrogens (tertiary/aromatic N) is 2. The van der Waals surface area contributed by atoms with Crippen LogP contribution in [0.3, 0.4) is 0 Å². The smallest absolute Gasteiger partial charge is 0.252 e. The molecular weight excluding hydrogens is 264 g/mol. The number of hydrogen-bond acceptors (Lipinski definition) is 3. The highest BCUT2D eigenvalue weighted by atomic mass is 16.1. The lowest BCUT2D eigenvalue weighted by Gasteiger charge is -2.08. The normalized spacial score (nSPS) is 13.3. The van der Waals surface area contributed by atoms with Gasteiger partial charge in [-0.3, -0.25) is 9.20 Å². The number of fused-ring (bicyclic) bond motifs is 2. The summed E-state index contributed by atoms with van der Waals surface area (Å²) < 4.78 is 2.01. The van der Waals surface area contributed by atoms with Gasteiger partial charge in [0.1, 0.15) is 5.65 Å². The van der Waals surface area contributed by atoms with Crippen molar-refractivity contribution in [2.75, 3.05) is 12.4 Å². The number of carbonyl (C=O) groups is 1. The molecule has 1 aliphatic heterocycles. The molecule has 0 radical (unpaired) electrons. The summed E-state index contributed by atoms with van der Waals surface area (Å²) in [5, 5.41) is 6.00. The van der Waals surface area contributed by atoms with Crippen LogP contribution < -0.4 is 10.6 Å². The molecule has 0 saturated carbocycles. The van der Waals surface area contributed by atoms with Crippen molar-refractivity contribution >= 4 is 17.2 Å². The molecule has 4 rings (SSSR count). The zero-order chi connectivity index (χ0) is 14.4. The van der Waals surface area contributed by atoms with Crippen molar-refractivity contribution in [2.45, 2.75) is 6.54 Å². The SMILES string of the molecule is CNc1ccc2ncc(-c3cccc4c3C(=O)NC4)n2c1. The minimum Gasteiger partial charge on any atom is -0.387 e. The first-order valence-electron chi connectivity index (χ1n) is 6.83. The minimum absolute atomic E-state index is 0.0136. The second kappa shape index (κ2) is 4.34. The van der Waals surface area contributed by atoms with E-state index in [0.717, 1.165) is 33.7 Å². The summed E-state index contributed by atoms with van der Waals surface area (Å²) in [4.78, 5) is 16.5. The van der Waals surface area contributed by atoms with Crippen LogP contribution in [0.4, 0.5) is 5.69 Å². The summed E-state index contributed by atoms with van der Waals surface area (Å²) in [6.45, 7) is 0.598. The number of anilines is 1. The van der Waals surface area contributed by atoms with E-state index in [0.29, 0.717) is 6.54 Å². The number of amides is 1. The van der Waals surface area contributed by atoms with Gasteiger partial charge in [0.2, 0.25) is 0 Å². The summed E-state index contributed by atoms with van der Waals surface area (Å²) in [6.07, 6.45) is 3.81. The van der Waals surface area contributed by atoms with E-state index in [1.54, 1.807) is 0 Å². The van der Waals surface area contributed by atoms with Crippen LogP contribution in [0.5, 0.6) is 0 Å². The fourth-order valence-electron chi connectivity index (χ4n) is 2.82. The summed E-state index contributed by atoms with van der Waals surface area (Å²) in [5.74, 6) is -0.0136. The quantitative estimate of drug-likeness (QED) is 0.756. The maximum absolute atomic E-state index is 12.1. The lowest BCUT2D eigenvalue weighted by atomic mass is 10.0. The Labute approximate surface area is 121 Å². The molecule has 1 aromatic carbocycles. The van der Waals surface area contributed by atoms with Crippen molar-refractivity contribution in [3.05, 3.63) is 53.9 Å². The Bertz CT molecular complexity index is 866. The second-order valence-electron chi connectivity index (χ2n) is 5.06. The zero-order valence-corrected chi connectivity index (χ0v) is 11.6. The molecule has 21 heavy (non-hydrogen) atoms. The van der Waals surface area contributed by atoms with Crippen LogP contribution in [0.25, 0.3) is 16.9 Å². The van der Waals surface area contributed by atoms with E-state index >= 15 is 0 Å². The van der Waals surface area contributed by atoms with Crippen LogP contribution in [-0.2, 0) is 6.54 Å². The number of pyridine rings is 1. The van der Waals surface area contributed by atoms with Crippen LogP contribution >= 0.6 is 0 Å². The molecule has 104 valence electrons. The maximum Gasteiger partial charge on any atom is 0.252 e. The van der Waals surface area contributed by atoms with E-state index in [2.05, 4.69) is 15.6 Å². The van der Waals surface area contributed by atoms with Crippen LogP contribution in [-0.4, -0.2) is 22.3 Å². The van der Waals surface area contributed by atoms with E-state index in [1.807, 2.05) is 54.2 Å². The van der Waals surface area contributed by atoms with Crippen molar-refractivity contribution in [1.82, 2.24) is 14.7 Å². The fraction of sp³-hybridized carbons (Fsp3) is 0.125. The van der Waals surface area contributed by atoms with Gasteiger partial charge >= 0.3 is 0 Å². The van der Waals surface area contributed by atoms with Gasteiger partial charge < -0.3 is 10.6 Å². The van der Waals surface area contributed by atoms with Gasteiger partial charge in [-0.25, -0.2) is 4.98 Å². The molecule has 0 atom stereocenters. The first-order chi connectivity index (χ1) is 10.3. The van der Waals surface area contributed by atoms with Crippen LogP contribution in [0.2, 0.25) is 0 Å². The van der Waals surface area contributed by atoms with E-state index in [1.165, 1.54) is 0 Å². The van der Waals surface area contributed by atoms with Crippen LogP contribution in [0, 0.1) is 0 Å². The van der Waals surface area contributed by atoms with Gasteiger partial charge in [-0.1, -0.05) is 18.2 Å². The van der Waals surface area contributed by atoms with Gasteiger partial charge in [0.15, 0.2) is 0 Å². The molecule has 0 bridgehead atoms. The van der Waals surface area contributed by atoms with E-state index in [-0.39, 0.29) is 5.91 Å².